The summed E-state index contributed by atoms with van der Waals surface area (Å²) >= 11 is 0. The van der Waals surface area contributed by atoms with Crippen molar-refractivity contribution in [3.05, 3.63) is 48.0 Å². The Bertz CT molecular complexity index is 879. The summed E-state index contributed by atoms with van der Waals surface area (Å²) < 4.78 is 51.1. The number of nitrogens with zero attached hydrogens (tertiary/aromatic N) is 1. The lowest BCUT2D eigenvalue weighted by Crippen LogP contribution is -2.22. The molecule has 0 amide bonds. The number of aliphatic imine (C=N–C) groups is 1. The third-order valence-electron chi connectivity index (χ3n) is 3.48. The van der Waals surface area contributed by atoms with Gasteiger partial charge in [0.15, 0.2) is 0 Å². The summed E-state index contributed by atoms with van der Waals surface area (Å²) in [7, 11) is -3.89. The molecule has 0 radical (unpaired) electrons. The summed E-state index contributed by atoms with van der Waals surface area (Å²) in [4.78, 5) is 3.50. The molecule has 0 saturated heterocycles. The fourth-order valence-corrected chi connectivity index (χ4v) is 2.76. The Morgan fingerprint density at radius 3 is 2.27 bits per heavy atom. The molecular formula is C16H18F2N4O3S. The van der Waals surface area contributed by atoms with Gasteiger partial charge in [-0.25, -0.2) is 22.3 Å². The second-order valence-corrected chi connectivity index (χ2v) is 6.99. The third kappa shape index (κ3) is 4.97. The van der Waals surface area contributed by atoms with Gasteiger partial charge in [-0.15, -0.1) is 0 Å². The van der Waals surface area contributed by atoms with E-state index in [-0.39, 0.29) is 34.8 Å². The van der Waals surface area contributed by atoms with Gasteiger partial charge in [0.25, 0.3) is 0 Å². The number of halogens is 2. The van der Waals surface area contributed by atoms with Gasteiger partial charge in [-0.3, -0.25) is 4.99 Å². The maximum atomic E-state index is 14.3. The molecule has 10 heteroatoms. The van der Waals surface area contributed by atoms with Crippen LogP contribution in [0.1, 0.15) is 0 Å². The first-order chi connectivity index (χ1) is 12.2. The van der Waals surface area contributed by atoms with Crippen molar-refractivity contribution in [1.82, 2.24) is 0 Å². The van der Waals surface area contributed by atoms with E-state index in [9.17, 15) is 22.3 Å². The van der Waals surface area contributed by atoms with Crippen molar-refractivity contribution in [3.63, 3.8) is 0 Å². The van der Waals surface area contributed by atoms with Crippen molar-refractivity contribution in [2.24, 2.45) is 15.9 Å². The molecular weight excluding hydrogens is 366 g/mol. The van der Waals surface area contributed by atoms with Crippen LogP contribution in [0.2, 0.25) is 0 Å². The Hall–Kier alpha value is -2.56. The van der Waals surface area contributed by atoms with Gasteiger partial charge in [-0.05, 0) is 29.8 Å². The lowest BCUT2D eigenvalue weighted by molar-refractivity contribution is 0.196. The molecule has 0 saturated carbocycles. The summed E-state index contributed by atoms with van der Waals surface area (Å²) in [6, 6.07) is 7.02. The molecule has 2 rings (SSSR count). The van der Waals surface area contributed by atoms with Gasteiger partial charge in [-0.2, -0.15) is 0 Å². The number of benzene rings is 2. The average Bonchev–Trinajstić information content (AvgIpc) is 2.57. The number of sulfonamides is 1. The van der Waals surface area contributed by atoms with Crippen LogP contribution in [-0.4, -0.2) is 39.1 Å². The van der Waals surface area contributed by atoms with Crippen LogP contribution < -0.4 is 16.2 Å². The summed E-state index contributed by atoms with van der Waals surface area (Å²) in [5, 5.41) is 17.3. The lowest BCUT2D eigenvalue weighted by Gasteiger charge is -2.13. The number of nitrogens with one attached hydrogen (secondary N) is 1. The predicted octanol–water partition coefficient (Wildman–Crippen LogP) is 1.04. The average molecular weight is 384 g/mol. The van der Waals surface area contributed by atoms with E-state index in [0.29, 0.717) is 0 Å². The molecule has 7 nitrogen and oxygen atoms in total. The minimum Gasteiger partial charge on any atom is -0.390 e. The standard InChI is InChI=1S/C16H18F2N4O3S/c17-14-5-11(22-8-12(23)7-21-9-19)6-15(18)16(14)10-1-3-13(4-2-10)26(20,24)25/h1-6,9,12,22-23H,7-8H2,(H2,19,21)(H2,20,24,25)/t12-/m0/s1. The molecule has 26 heavy (non-hydrogen) atoms. The molecule has 0 bridgehead atoms. The van der Waals surface area contributed by atoms with Crippen molar-refractivity contribution >= 4 is 22.0 Å². The van der Waals surface area contributed by atoms with Crippen LogP contribution in [0.4, 0.5) is 14.5 Å². The molecule has 0 spiro atoms. The van der Waals surface area contributed by atoms with Gasteiger partial charge in [0.2, 0.25) is 10.0 Å². The first-order valence-corrected chi connectivity index (χ1v) is 9.01. The molecule has 0 unspecified atom stereocenters. The van der Waals surface area contributed by atoms with E-state index in [1.54, 1.807) is 0 Å². The van der Waals surface area contributed by atoms with Crippen LogP contribution >= 0.6 is 0 Å². The van der Waals surface area contributed by atoms with Gasteiger partial charge < -0.3 is 16.2 Å². The van der Waals surface area contributed by atoms with Crippen LogP contribution in [-0.2, 0) is 10.0 Å². The highest BCUT2D eigenvalue weighted by Crippen LogP contribution is 2.29. The molecule has 1 atom stereocenters. The van der Waals surface area contributed by atoms with E-state index in [0.717, 1.165) is 18.5 Å². The van der Waals surface area contributed by atoms with Crippen molar-refractivity contribution < 1.29 is 22.3 Å². The first-order valence-electron chi connectivity index (χ1n) is 7.46. The zero-order valence-electron chi connectivity index (χ0n) is 13.6. The van der Waals surface area contributed by atoms with Gasteiger partial charge in [-0.1, -0.05) is 12.1 Å². The Morgan fingerprint density at radius 2 is 1.77 bits per heavy atom. The van der Waals surface area contributed by atoms with Gasteiger partial charge in [0.1, 0.15) is 11.6 Å². The van der Waals surface area contributed by atoms with E-state index in [1.807, 2.05) is 0 Å². The number of primary sulfonamides is 1. The van der Waals surface area contributed by atoms with Crippen LogP contribution in [0.5, 0.6) is 0 Å². The maximum absolute atomic E-state index is 14.3. The summed E-state index contributed by atoms with van der Waals surface area (Å²) in [5.41, 5.74) is 5.07. The SMILES string of the molecule is NC=NC[C@H](O)CNc1cc(F)c(-c2ccc(S(N)(=O)=O)cc2)c(F)c1. The van der Waals surface area contributed by atoms with Crippen molar-refractivity contribution in [2.45, 2.75) is 11.0 Å². The Labute approximate surface area is 149 Å². The number of hydrogen-bond donors (Lipinski definition) is 4. The molecule has 0 aliphatic rings. The van der Waals surface area contributed by atoms with Crippen molar-refractivity contribution in [3.8, 4) is 11.1 Å². The predicted molar refractivity (Wildman–Crippen MR) is 95.2 cm³/mol. The van der Waals surface area contributed by atoms with Gasteiger partial charge in [0.05, 0.1) is 29.4 Å². The highest BCUT2D eigenvalue weighted by molar-refractivity contribution is 7.89. The summed E-state index contributed by atoms with van der Waals surface area (Å²) in [5.74, 6) is -1.68. The van der Waals surface area contributed by atoms with Crippen LogP contribution in [0.3, 0.4) is 0 Å². The minimum absolute atomic E-state index is 0.0264. The fourth-order valence-electron chi connectivity index (χ4n) is 2.24. The van der Waals surface area contributed by atoms with E-state index in [4.69, 9.17) is 10.9 Å². The topological polar surface area (TPSA) is 131 Å². The number of rotatable bonds is 7. The third-order valence-corrected chi connectivity index (χ3v) is 4.41. The molecule has 0 fully saturated rings. The lowest BCUT2D eigenvalue weighted by atomic mass is 10.0. The van der Waals surface area contributed by atoms with E-state index >= 15 is 0 Å². The maximum Gasteiger partial charge on any atom is 0.238 e. The second kappa shape index (κ2) is 8.21. The molecule has 0 aliphatic carbocycles. The number of aliphatic hydroxyl groups excluding tert-OH is 1. The van der Waals surface area contributed by atoms with Crippen LogP contribution in [0, 0.1) is 11.6 Å². The minimum atomic E-state index is -3.89. The molecule has 0 heterocycles. The van der Waals surface area contributed by atoms with Crippen molar-refractivity contribution in [1.29, 1.82) is 0 Å². The zero-order valence-corrected chi connectivity index (χ0v) is 14.4. The van der Waals surface area contributed by atoms with Crippen LogP contribution in [0.15, 0.2) is 46.3 Å². The Kier molecular flexibility index (Phi) is 6.24. The zero-order chi connectivity index (χ0) is 19.3. The number of hydrogen-bond acceptors (Lipinski definition) is 5. The molecule has 0 aromatic heterocycles. The monoisotopic (exact) mass is 384 g/mol. The van der Waals surface area contributed by atoms with Crippen molar-refractivity contribution in [2.75, 3.05) is 18.4 Å². The van der Waals surface area contributed by atoms with E-state index in [1.165, 1.54) is 24.3 Å². The molecule has 6 N–H and O–H groups in total. The summed E-state index contributed by atoms with van der Waals surface area (Å²) in [6.45, 7) is 0.0849. The molecule has 2 aromatic rings. The van der Waals surface area contributed by atoms with Gasteiger partial charge in [0, 0.05) is 12.2 Å². The molecule has 2 aromatic carbocycles. The largest absolute Gasteiger partial charge is 0.390 e. The number of anilines is 1. The Balaban J connectivity index is 2.21. The fraction of sp³-hybridized carbons (Fsp3) is 0.188. The summed E-state index contributed by atoms with van der Waals surface area (Å²) in [6.07, 6.45) is 0.185. The smallest absolute Gasteiger partial charge is 0.238 e. The highest BCUT2D eigenvalue weighted by atomic mass is 32.2. The van der Waals surface area contributed by atoms with E-state index in [2.05, 4.69) is 10.3 Å². The normalized spacial score (nSPS) is 13.1. The van der Waals surface area contributed by atoms with Crippen LogP contribution in [0.25, 0.3) is 11.1 Å². The first kappa shape index (κ1) is 19.8. The van der Waals surface area contributed by atoms with Gasteiger partial charge >= 0.3 is 0 Å². The molecule has 0 aliphatic heterocycles. The van der Waals surface area contributed by atoms with E-state index < -0.39 is 27.8 Å². The quantitative estimate of drug-likeness (QED) is 0.418. The number of nitrogens with two attached hydrogens (primary N) is 2. The Morgan fingerprint density at radius 1 is 1.19 bits per heavy atom. The molecule has 140 valence electrons. The highest BCUT2D eigenvalue weighted by Gasteiger charge is 2.15. The second-order valence-electron chi connectivity index (χ2n) is 5.43. The number of aliphatic hydroxyl groups is 1.